The van der Waals surface area contributed by atoms with Gasteiger partial charge in [-0.1, -0.05) is 42.5 Å². The minimum absolute atomic E-state index is 0.324. The molecule has 0 spiro atoms. The third kappa shape index (κ3) is 2.99. The van der Waals surface area contributed by atoms with Crippen LogP contribution in [0, 0.1) is 0 Å². The van der Waals surface area contributed by atoms with Gasteiger partial charge in [-0.05, 0) is 24.1 Å². The van der Waals surface area contributed by atoms with Crippen molar-refractivity contribution in [3.05, 3.63) is 60.2 Å². The zero-order valence-electron chi connectivity index (χ0n) is 12.7. The number of hydrogen-bond donors (Lipinski definition) is 1. The van der Waals surface area contributed by atoms with Crippen LogP contribution in [-0.4, -0.2) is 35.4 Å². The summed E-state index contributed by atoms with van der Waals surface area (Å²) in [6.07, 6.45) is -1.07. The molecule has 24 heavy (non-hydrogen) atoms. The highest BCUT2D eigenvalue weighted by Gasteiger charge is 2.41. The molecule has 1 heterocycles. The number of aliphatic carboxylic acids is 1. The Balaban J connectivity index is 1.89. The number of benzene rings is 2. The number of para-hydroxylation sites is 2. The standard InChI is InChI=1S/C18H15NO5/c20-15(18(22)23)16-17(21)19(11-10-12-6-2-1-3-7-12)13-8-4-5-9-14(13)24-16/h1-9,16H,10-11H2,(H,22,23). The molecule has 1 aliphatic rings. The van der Waals surface area contributed by atoms with E-state index in [2.05, 4.69) is 0 Å². The summed E-state index contributed by atoms with van der Waals surface area (Å²) in [6.45, 7) is 0.326. The molecular formula is C18H15NO5. The normalized spacial score (nSPS) is 16.2. The maximum absolute atomic E-state index is 12.6. The van der Waals surface area contributed by atoms with Gasteiger partial charge in [0.2, 0.25) is 6.10 Å². The van der Waals surface area contributed by atoms with E-state index < -0.39 is 23.8 Å². The van der Waals surface area contributed by atoms with Gasteiger partial charge in [-0.15, -0.1) is 0 Å². The summed E-state index contributed by atoms with van der Waals surface area (Å²) in [5.74, 6) is -3.28. The van der Waals surface area contributed by atoms with E-state index in [0.717, 1.165) is 5.56 Å². The second-order valence-corrected chi connectivity index (χ2v) is 5.36. The number of carbonyl (C=O) groups excluding carboxylic acids is 2. The largest absolute Gasteiger partial charge is 0.475 e. The number of ketones is 1. The van der Waals surface area contributed by atoms with Crippen LogP contribution in [0.25, 0.3) is 0 Å². The quantitative estimate of drug-likeness (QED) is 0.668. The van der Waals surface area contributed by atoms with Crippen LogP contribution in [0.4, 0.5) is 5.69 Å². The average molecular weight is 325 g/mol. The number of hydrogen-bond acceptors (Lipinski definition) is 4. The lowest BCUT2D eigenvalue weighted by Gasteiger charge is -2.33. The average Bonchev–Trinajstić information content (AvgIpc) is 2.60. The highest BCUT2D eigenvalue weighted by Crippen LogP contribution is 2.34. The smallest absolute Gasteiger partial charge is 0.376 e. The van der Waals surface area contributed by atoms with Crippen molar-refractivity contribution in [3.8, 4) is 5.75 Å². The molecule has 1 atom stereocenters. The van der Waals surface area contributed by atoms with Gasteiger partial charge < -0.3 is 14.7 Å². The van der Waals surface area contributed by atoms with Crippen molar-refractivity contribution < 1.29 is 24.2 Å². The molecule has 1 aliphatic heterocycles. The number of anilines is 1. The number of carbonyl (C=O) groups is 3. The first-order valence-electron chi connectivity index (χ1n) is 7.46. The predicted octanol–water partition coefficient (Wildman–Crippen LogP) is 1.68. The summed E-state index contributed by atoms with van der Waals surface area (Å²) < 4.78 is 5.33. The molecule has 0 fully saturated rings. The summed E-state index contributed by atoms with van der Waals surface area (Å²) in [5, 5.41) is 8.89. The van der Waals surface area contributed by atoms with E-state index in [1.54, 1.807) is 24.3 Å². The second-order valence-electron chi connectivity index (χ2n) is 5.36. The van der Waals surface area contributed by atoms with Gasteiger partial charge in [0.25, 0.3) is 11.7 Å². The summed E-state index contributed by atoms with van der Waals surface area (Å²) in [4.78, 5) is 36.7. The minimum Gasteiger partial charge on any atom is -0.475 e. The van der Waals surface area contributed by atoms with E-state index in [4.69, 9.17) is 9.84 Å². The number of ether oxygens (including phenoxy) is 1. The molecule has 0 aromatic heterocycles. The Morgan fingerprint density at radius 1 is 1.04 bits per heavy atom. The number of amides is 1. The molecule has 1 N–H and O–H groups in total. The molecule has 6 nitrogen and oxygen atoms in total. The van der Waals surface area contributed by atoms with Crippen LogP contribution in [0.1, 0.15) is 5.56 Å². The lowest BCUT2D eigenvalue weighted by atomic mass is 10.1. The predicted molar refractivity (Wildman–Crippen MR) is 86.0 cm³/mol. The van der Waals surface area contributed by atoms with Gasteiger partial charge in [-0.2, -0.15) is 0 Å². The Hall–Kier alpha value is -3.15. The van der Waals surface area contributed by atoms with Crippen LogP contribution in [0.5, 0.6) is 5.75 Å². The molecule has 122 valence electrons. The Bertz CT molecular complexity index is 787. The molecule has 0 saturated heterocycles. The van der Waals surface area contributed by atoms with E-state index in [1.807, 2.05) is 30.3 Å². The number of fused-ring (bicyclic) bond motifs is 1. The Morgan fingerprint density at radius 2 is 1.71 bits per heavy atom. The number of carboxylic acid groups (broad SMARTS) is 1. The van der Waals surface area contributed by atoms with E-state index in [9.17, 15) is 14.4 Å². The van der Waals surface area contributed by atoms with Crippen molar-refractivity contribution >= 4 is 23.3 Å². The highest BCUT2D eigenvalue weighted by molar-refractivity contribution is 6.40. The van der Waals surface area contributed by atoms with Gasteiger partial charge in [0.05, 0.1) is 5.69 Å². The molecule has 6 heteroatoms. The van der Waals surface area contributed by atoms with E-state index in [0.29, 0.717) is 24.4 Å². The molecule has 0 radical (unpaired) electrons. The van der Waals surface area contributed by atoms with Gasteiger partial charge in [0, 0.05) is 6.54 Å². The van der Waals surface area contributed by atoms with Crippen LogP contribution >= 0.6 is 0 Å². The van der Waals surface area contributed by atoms with Crippen molar-refractivity contribution in [1.82, 2.24) is 0 Å². The molecule has 0 saturated carbocycles. The molecular weight excluding hydrogens is 310 g/mol. The summed E-state index contributed by atoms with van der Waals surface area (Å²) in [5.41, 5.74) is 1.57. The molecule has 2 aromatic rings. The molecule has 0 bridgehead atoms. The van der Waals surface area contributed by atoms with Gasteiger partial charge in [0.15, 0.2) is 0 Å². The number of nitrogens with zero attached hydrogens (tertiary/aromatic N) is 1. The van der Waals surface area contributed by atoms with Crippen molar-refractivity contribution in [1.29, 1.82) is 0 Å². The third-order valence-corrected chi connectivity index (χ3v) is 3.81. The van der Waals surface area contributed by atoms with Crippen molar-refractivity contribution in [2.75, 3.05) is 11.4 Å². The highest BCUT2D eigenvalue weighted by atomic mass is 16.5. The molecule has 3 rings (SSSR count). The van der Waals surface area contributed by atoms with Crippen molar-refractivity contribution in [3.63, 3.8) is 0 Å². The van der Waals surface area contributed by atoms with Gasteiger partial charge in [-0.3, -0.25) is 9.59 Å². The van der Waals surface area contributed by atoms with Crippen LogP contribution in [0.15, 0.2) is 54.6 Å². The van der Waals surface area contributed by atoms with Crippen LogP contribution < -0.4 is 9.64 Å². The fraction of sp³-hybridized carbons (Fsp3) is 0.167. The maximum atomic E-state index is 12.6. The lowest BCUT2D eigenvalue weighted by Crippen LogP contribution is -2.52. The molecule has 2 aromatic carbocycles. The first kappa shape index (κ1) is 15.7. The van der Waals surface area contributed by atoms with Gasteiger partial charge in [0.1, 0.15) is 5.75 Å². The van der Waals surface area contributed by atoms with Gasteiger partial charge >= 0.3 is 5.97 Å². The zero-order chi connectivity index (χ0) is 17.1. The summed E-state index contributed by atoms with van der Waals surface area (Å²) in [7, 11) is 0. The fourth-order valence-electron chi connectivity index (χ4n) is 2.61. The monoisotopic (exact) mass is 325 g/mol. The van der Waals surface area contributed by atoms with Crippen LogP contribution in [0.3, 0.4) is 0 Å². The minimum atomic E-state index is -1.68. The van der Waals surface area contributed by atoms with E-state index in [1.165, 1.54) is 4.90 Å². The van der Waals surface area contributed by atoms with Crippen molar-refractivity contribution in [2.24, 2.45) is 0 Å². The second kappa shape index (κ2) is 6.54. The maximum Gasteiger partial charge on any atom is 0.376 e. The summed E-state index contributed by atoms with van der Waals surface area (Å²) >= 11 is 0. The SMILES string of the molecule is O=C(O)C(=O)C1Oc2ccccc2N(CCc2ccccc2)C1=O. The van der Waals surface area contributed by atoms with E-state index >= 15 is 0 Å². The lowest BCUT2D eigenvalue weighted by molar-refractivity contribution is -0.155. The molecule has 1 amide bonds. The Morgan fingerprint density at radius 3 is 2.42 bits per heavy atom. The van der Waals surface area contributed by atoms with Crippen LogP contribution in [0.2, 0.25) is 0 Å². The first-order chi connectivity index (χ1) is 11.6. The van der Waals surface area contributed by atoms with E-state index in [-0.39, 0.29) is 0 Å². The topological polar surface area (TPSA) is 83.9 Å². The fourth-order valence-corrected chi connectivity index (χ4v) is 2.61. The van der Waals surface area contributed by atoms with Crippen LogP contribution in [-0.2, 0) is 20.8 Å². The number of rotatable bonds is 5. The third-order valence-electron chi connectivity index (χ3n) is 3.81. The Labute approximate surface area is 138 Å². The molecule has 1 unspecified atom stereocenters. The van der Waals surface area contributed by atoms with Gasteiger partial charge in [-0.25, -0.2) is 4.79 Å². The summed E-state index contributed by atoms with van der Waals surface area (Å²) in [6, 6.07) is 16.4. The Kier molecular flexibility index (Phi) is 4.29. The zero-order valence-corrected chi connectivity index (χ0v) is 12.7. The number of Topliss-reactive ketones (excluding diaryl/α,β-unsaturated/α-hetero) is 1. The van der Waals surface area contributed by atoms with Crippen molar-refractivity contribution in [2.45, 2.75) is 12.5 Å². The first-order valence-corrected chi connectivity index (χ1v) is 7.46. The molecule has 0 aliphatic carbocycles. The number of carboxylic acids is 1.